The summed E-state index contributed by atoms with van der Waals surface area (Å²) >= 11 is 1.11. The van der Waals surface area contributed by atoms with Crippen molar-refractivity contribution in [2.45, 2.75) is 11.4 Å². The summed E-state index contributed by atoms with van der Waals surface area (Å²) in [6.07, 6.45) is 1.07. The first-order valence-electron chi connectivity index (χ1n) is 8.81. The molecule has 1 heterocycles. The zero-order valence-electron chi connectivity index (χ0n) is 16.8. The van der Waals surface area contributed by atoms with Crippen molar-refractivity contribution < 1.29 is 32.3 Å². The van der Waals surface area contributed by atoms with Gasteiger partial charge in [0.1, 0.15) is 6.54 Å². The van der Waals surface area contributed by atoms with E-state index in [0.29, 0.717) is 15.8 Å². The van der Waals surface area contributed by atoms with E-state index in [1.54, 1.807) is 18.2 Å². The van der Waals surface area contributed by atoms with Crippen LogP contribution in [0.4, 0.5) is 0 Å². The zero-order chi connectivity index (χ0) is 22.8. The number of hydrogen-bond acceptors (Lipinski definition) is 8. The van der Waals surface area contributed by atoms with E-state index in [2.05, 4.69) is 4.99 Å². The molecule has 0 aliphatic carbocycles. The first kappa shape index (κ1) is 22.4. The van der Waals surface area contributed by atoms with Crippen LogP contribution in [0.15, 0.2) is 52.4 Å². The molecule has 9 nitrogen and oxygen atoms in total. The lowest BCUT2D eigenvalue weighted by atomic mass is 10.2. The molecule has 0 atom stereocenters. The van der Waals surface area contributed by atoms with Gasteiger partial charge >= 0.3 is 11.9 Å². The SMILES string of the molecule is COC(=O)Cn1c(=NC(=O)c2ccc(S(C)(=O)=O)cc2)sc2cc(C(=O)OC)ccc21. The van der Waals surface area contributed by atoms with Gasteiger partial charge in [-0.15, -0.1) is 0 Å². The molecular formula is C20H18N2O7S2. The summed E-state index contributed by atoms with van der Waals surface area (Å²) in [6, 6.07) is 10.2. The van der Waals surface area contributed by atoms with Crippen LogP contribution in [-0.2, 0) is 30.7 Å². The van der Waals surface area contributed by atoms with Crippen molar-refractivity contribution in [1.82, 2.24) is 4.57 Å². The summed E-state index contributed by atoms with van der Waals surface area (Å²) in [7, 11) is -0.872. The highest BCUT2D eigenvalue weighted by Crippen LogP contribution is 2.20. The second-order valence-electron chi connectivity index (χ2n) is 6.43. The van der Waals surface area contributed by atoms with Crippen LogP contribution in [0.3, 0.4) is 0 Å². The molecule has 0 aliphatic heterocycles. The predicted octanol–water partition coefficient (Wildman–Crippen LogP) is 1.81. The highest BCUT2D eigenvalue weighted by atomic mass is 32.2. The van der Waals surface area contributed by atoms with Crippen LogP contribution in [0.5, 0.6) is 0 Å². The molecule has 162 valence electrons. The number of hydrogen-bond donors (Lipinski definition) is 0. The van der Waals surface area contributed by atoms with E-state index < -0.39 is 27.7 Å². The van der Waals surface area contributed by atoms with Crippen molar-refractivity contribution in [1.29, 1.82) is 0 Å². The number of fused-ring (bicyclic) bond motifs is 1. The molecule has 1 amide bonds. The summed E-state index contributed by atoms with van der Waals surface area (Å²) < 4.78 is 34.8. The van der Waals surface area contributed by atoms with Gasteiger partial charge < -0.3 is 14.0 Å². The fourth-order valence-corrected chi connectivity index (χ4v) is 4.44. The highest BCUT2D eigenvalue weighted by molar-refractivity contribution is 7.90. The summed E-state index contributed by atoms with van der Waals surface area (Å²) in [6.45, 7) is -0.187. The third-order valence-electron chi connectivity index (χ3n) is 4.35. The molecule has 0 N–H and O–H groups in total. The molecule has 0 bridgehead atoms. The standard InChI is InChI=1S/C20H18N2O7S2/c1-28-17(23)11-22-15-9-6-13(19(25)29-2)10-16(15)30-20(22)21-18(24)12-4-7-14(8-5-12)31(3,26)27/h4-10H,11H2,1-3H3. The van der Waals surface area contributed by atoms with Crippen molar-refractivity contribution in [3.63, 3.8) is 0 Å². The van der Waals surface area contributed by atoms with E-state index in [9.17, 15) is 22.8 Å². The minimum Gasteiger partial charge on any atom is -0.468 e. The number of ether oxygens (including phenoxy) is 2. The third kappa shape index (κ3) is 4.89. The first-order valence-corrected chi connectivity index (χ1v) is 11.5. The first-order chi connectivity index (χ1) is 14.6. The fourth-order valence-electron chi connectivity index (χ4n) is 2.75. The van der Waals surface area contributed by atoms with Gasteiger partial charge in [-0.25, -0.2) is 13.2 Å². The zero-order valence-corrected chi connectivity index (χ0v) is 18.5. The van der Waals surface area contributed by atoms with Gasteiger partial charge in [0.05, 0.1) is 34.9 Å². The van der Waals surface area contributed by atoms with Crippen molar-refractivity contribution >= 4 is 49.2 Å². The topological polar surface area (TPSA) is 121 Å². The van der Waals surface area contributed by atoms with E-state index in [1.807, 2.05) is 0 Å². The Hall–Kier alpha value is -3.31. The molecule has 0 fully saturated rings. The van der Waals surface area contributed by atoms with Crippen LogP contribution in [-0.4, -0.2) is 51.3 Å². The monoisotopic (exact) mass is 462 g/mol. The molecule has 2 aromatic carbocycles. The van der Waals surface area contributed by atoms with Crippen LogP contribution in [0.1, 0.15) is 20.7 Å². The molecule has 3 rings (SSSR count). The number of carbonyl (C=O) groups excluding carboxylic acids is 3. The Balaban J connectivity index is 2.10. The van der Waals surface area contributed by atoms with E-state index in [4.69, 9.17) is 9.47 Å². The van der Waals surface area contributed by atoms with Gasteiger partial charge in [0.25, 0.3) is 5.91 Å². The third-order valence-corrected chi connectivity index (χ3v) is 6.51. The number of thiazole rings is 1. The number of amides is 1. The number of esters is 2. The van der Waals surface area contributed by atoms with Gasteiger partial charge in [-0.05, 0) is 42.5 Å². The smallest absolute Gasteiger partial charge is 0.337 e. The Bertz CT molecular complexity index is 1350. The molecule has 0 unspecified atom stereocenters. The van der Waals surface area contributed by atoms with Crippen LogP contribution in [0.2, 0.25) is 0 Å². The number of sulfone groups is 1. The predicted molar refractivity (Wildman–Crippen MR) is 113 cm³/mol. The van der Waals surface area contributed by atoms with Gasteiger partial charge in [0, 0.05) is 11.8 Å². The summed E-state index contributed by atoms with van der Waals surface area (Å²) in [5, 5.41) is 0. The molecule has 11 heteroatoms. The largest absolute Gasteiger partial charge is 0.468 e. The van der Waals surface area contributed by atoms with E-state index in [0.717, 1.165) is 17.6 Å². The van der Waals surface area contributed by atoms with E-state index >= 15 is 0 Å². The Morgan fingerprint density at radius 3 is 2.23 bits per heavy atom. The van der Waals surface area contributed by atoms with Gasteiger partial charge in [0.15, 0.2) is 14.6 Å². The van der Waals surface area contributed by atoms with Gasteiger partial charge in [0.2, 0.25) is 0 Å². The summed E-state index contributed by atoms with van der Waals surface area (Å²) in [5.74, 6) is -1.67. The number of nitrogens with zero attached hydrogens (tertiary/aromatic N) is 2. The van der Waals surface area contributed by atoms with Crippen molar-refractivity contribution in [3.05, 3.63) is 58.4 Å². The Kier molecular flexibility index (Phi) is 6.37. The van der Waals surface area contributed by atoms with Crippen molar-refractivity contribution in [3.8, 4) is 0 Å². The number of benzene rings is 2. The second-order valence-corrected chi connectivity index (χ2v) is 9.46. The minimum absolute atomic E-state index is 0.0852. The molecular weight excluding hydrogens is 444 g/mol. The number of rotatable bonds is 5. The molecule has 0 spiro atoms. The molecule has 31 heavy (non-hydrogen) atoms. The molecule has 0 aliphatic rings. The summed E-state index contributed by atoms with van der Waals surface area (Å²) in [5.41, 5.74) is 1.09. The van der Waals surface area contributed by atoms with Gasteiger partial charge in [-0.2, -0.15) is 4.99 Å². The fraction of sp³-hybridized carbons (Fsp3) is 0.200. The molecule has 0 saturated heterocycles. The normalized spacial score (nSPS) is 12.0. The maximum Gasteiger partial charge on any atom is 0.337 e. The summed E-state index contributed by atoms with van der Waals surface area (Å²) in [4.78, 5) is 40.8. The lowest BCUT2D eigenvalue weighted by Gasteiger charge is -2.04. The van der Waals surface area contributed by atoms with Crippen LogP contribution in [0.25, 0.3) is 10.2 Å². The quantitative estimate of drug-likeness (QED) is 0.530. The number of methoxy groups -OCH3 is 2. The highest BCUT2D eigenvalue weighted by Gasteiger charge is 2.15. The lowest BCUT2D eigenvalue weighted by molar-refractivity contribution is -0.141. The van der Waals surface area contributed by atoms with Crippen LogP contribution < -0.4 is 4.80 Å². The minimum atomic E-state index is -3.39. The maximum absolute atomic E-state index is 12.7. The van der Waals surface area contributed by atoms with Crippen molar-refractivity contribution in [2.75, 3.05) is 20.5 Å². The van der Waals surface area contributed by atoms with Gasteiger partial charge in [-0.3, -0.25) is 9.59 Å². The average Bonchev–Trinajstić information content (AvgIpc) is 3.08. The Morgan fingerprint density at radius 2 is 1.65 bits per heavy atom. The van der Waals surface area contributed by atoms with E-state index in [-0.39, 0.29) is 21.8 Å². The molecule has 0 saturated carbocycles. The van der Waals surface area contributed by atoms with Crippen LogP contribution in [0, 0.1) is 0 Å². The Morgan fingerprint density at radius 1 is 1.00 bits per heavy atom. The molecule has 3 aromatic rings. The maximum atomic E-state index is 12.7. The number of carbonyl (C=O) groups is 3. The van der Waals surface area contributed by atoms with E-state index in [1.165, 1.54) is 43.1 Å². The van der Waals surface area contributed by atoms with Crippen LogP contribution >= 0.6 is 11.3 Å². The Labute approximate surface area is 181 Å². The second kappa shape index (κ2) is 8.82. The van der Waals surface area contributed by atoms with Crippen molar-refractivity contribution in [2.24, 2.45) is 4.99 Å². The lowest BCUT2D eigenvalue weighted by Crippen LogP contribution is -2.22. The molecule has 0 radical (unpaired) electrons. The molecule has 1 aromatic heterocycles. The average molecular weight is 463 g/mol. The number of aromatic nitrogens is 1. The van der Waals surface area contributed by atoms with Gasteiger partial charge in [-0.1, -0.05) is 11.3 Å².